The van der Waals surface area contributed by atoms with Gasteiger partial charge in [0, 0.05) is 31.3 Å². The fraction of sp³-hybridized carbons (Fsp3) is 0.385. The zero-order chi connectivity index (χ0) is 14.8. The van der Waals surface area contributed by atoms with E-state index in [9.17, 15) is 0 Å². The lowest BCUT2D eigenvalue weighted by Crippen LogP contribution is -2.24. The van der Waals surface area contributed by atoms with Gasteiger partial charge in [0.25, 0.3) is 5.89 Å². The van der Waals surface area contributed by atoms with Gasteiger partial charge in [-0.05, 0) is 14.0 Å². The number of aryl methyl sites for hydroxylation is 1. The van der Waals surface area contributed by atoms with Gasteiger partial charge < -0.3 is 9.84 Å². The molecule has 3 aromatic rings. The van der Waals surface area contributed by atoms with Crippen molar-refractivity contribution in [2.45, 2.75) is 19.4 Å². The molecule has 3 heterocycles. The Bertz CT molecular complexity index is 730. The van der Waals surface area contributed by atoms with Crippen LogP contribution in [0, 0.1) is 0 Å². The highest BCUT2D eigenvalue weighted by Crippen LogP contribution is 2.30. The monoisotopic (exact) mass is 304 g/mol. The minimum absolute atomic E-state index is 0.308. The van der Waals surface area contributed by atoms with Crippen molar-refractivity contribution in [3.05, 3.63) is 24.4 Å². The summed E-state index contributed by atoms with van der Waals surface area (Å²) in [5.41, 5.74) is 0.984. The lowest BCUT2D eigenvalue weighted by Gasteiger charge is -2.04. The van der Waals surface area contributed by atoms with Crippen molar-refractivity contribution in [1.82, 2.24) is 30.2 Å². The number of hydrogen-bond acceptors (Lipinski definition) is 7. The van der Waals surface area contributed by atoms with Crippen molar-refractivity contribution in [3.63, 3.8) is 0 Å². The SMILES string of the molecule is CNC(C)Cc1noc(-c2cnc(-c3cnn(C)c3)s2)n1. The predicted octanol–water partition coefficient (Wildman–Crippen LogP) is 1.74. The molecule has 1 atom stereocenters. The molecule has 0 bridgehead atoms. The summed E-state index contributed by atoms with van der Waals surface area (Å²) in [6, 6.07) is 0.308. The minimum Gasteiger partial charge on any atom is -0.333 e. The molecule has 0 saturated carbocycles. The second-order valence-corrected chi connectivity index (χ2v) is 5.87. The van der Waals surface area contributed by atoms with E-state index >= 15 is 0 Å². The molecule has 1 unspecified atom stereocenters. The van der Waals surface area contributed by atoms with Crippen LogP contribution >= 0.6 is 11.3 Å². The van der Waals surface area contributed by atoms with Crippen molar-refractivity contribution in [2.75, 3.05) is 7.05 Å². The third-order valence-electron chi connectivity index (χ3n) is 3.12. The maximum Gasteiger partial charge on any atom is 0.269 e. The summed E-state index contributed by atoms with van der Waals surface area (Å²) in [6.07, 6.45) is 6.20. The topological polar surface area (TPSA) is 81.7 Å². The number of thiazole rings is 1. The van der Waals surface area contributed by atoms with Crippen LogP contribution in [-0.4, -0.2) is 38.0 Å². The van der Waals surface area contributed by atoms with Crippen LogP contribution in [0.3, 0.4) is 0 Å². The average molecular weight is 304 g/mol. The molecule has 0 spiro atoms. The zero-order valence-electron chi connectivity index (χ0n) is 12.1. The van der Waals surface area contributed by atoms with Crippen LogP contribution in [0.2, 0.25) is 0 Å². The molecule has 8 heteroatoms. The lowest BCUT2D eigenvalue weighted by atomic mass is 10.2. The van der Waals surface area contributed by atoms with Crippen molar-refractivity contribution in [2.24, 2.45) is 7.05 Å². The van der Waals surface area contributed by atoms with Gasteiger partial charge in [0.2, 0.25) is 0 Å². The maximum absolute atomic E-state index is 5.31. The van der Waals surface area contributed by atoms with E-state index in [2.05, 4.69) is 32.5 Å². The summed E-state index contributed by atoms with van der Waals surface area (Å²) < 4.78 is 7.06. The van der Waals surface area contributed by atoms with E-state index in [1.807, 2.05) is 20.3 Å². The molecular formula is C13H16N6OS. The summed E-state index contributed by atoms with van der Waals surface area (Å²) in [6.45, 7) is 2.07. The minimum atomic E-state index is 0.308. The van der Waals surface area contributed by atoms with Crippen molar-refractivity contribution in [1.29, 1.82) is 0 Å². The first-order valence-corrected chi connectivity index (χ1v) is 7.42. The van der Waals surface area contributed by atoms with Gasteiger partial charge in [-0.1, -0.05) is 5.16 Å². The Balaban J connectivity index is 1.80. The normalized spacial score (nSPS) is 12.7. The molecule has 0 saturated heterocycles. The van der Waals surface area contributed by atoms with Gasteiger partial charge in [0.1, 0.15) is 9.88 Å². The van der Waals surface area contributed by atoms with E-state index in [0.717, 1.165) is 21.9 Å². The number of hydrogen-bond donors (Lipinski definition) is 1. The molecule has 3 aromatic heterocycles. The van der Waals surface area contributed by atoms with Crippen LogP contribution in [0.25, 0.3) is 21.3 Å². The predicted molar refractivity (Wildman–Crippen MR) is 79.8 cm³/mol. The Hall–Kier alpha value is -2.06. The van der Waals surface area contributed by atoms with E-state index in [0.29, 0.717) is 17.8 Å². The standard InChI is InChI=1S/C13H16N6OS/c1-8(14-2)4-11-17-12(20-18-11)10-6-15-13(21-10)9-5-16-19(3)7-9/h5-8,14H,4H2,1-3H3. The van der Waals surface area contributed by atoms with E-state index in [-0.39, 0.29) is 0 Å². The molecule has 3 rings (SSSR count). The van der Waals surface area contributed by atoms with Crippen LogP contribution in [0.1, 0.15) is 12.7 Å². The fourth-order valence-electron chi connectivity index (χ4n) is 1.85. The molecule has 7 nitrogen and oxygen atoms in total. The average Bonchev–Trinajstić information content (AvgIpc) is 3.17. The molecule has 21 heavy (non-hydrogen) atoms. The van der Waals surface area contributed by atoms with Gasteiger partial charge in [-0.2, -0.15) is 10.1 Å². The van der Waals surface area contributed by atoms with Gasteiger partial charge in [0.15, 0.2) is 5.82 Å². The summed E-state index contributed by atoms with van der Waals surface area (Å²) in [7, 11) is 3.79. The maximum atomic E-state index is 5.31. The smallest absolute Gasteiger partial charge is 0.269 e. The van der Waals surface area contributed by atoms with Crippen LogP contribution < -0.4 is 5.32 Å². The molecule has 0 aliphatic heterocycles. The highest BCUT2D eigenvalue weighted by Gasteiger charge is 2.15. The van der Waals surface area contributed by atoms with Crippen LogP contribution in [-0.2, 0) is 13.5 Å². The van der Waals surface area contributed by atoms with E-state index in [4.69, 9.17) is 4.52 Å². The van der Waals surface area contributed by atoms with Crippen LogP contribution in [0.4, 0.5) is 0 Å². The van der Waals surface area contributed by atoms with Crippen LogP contribution in [0.5, 0.6) is 0 Å². The highest BCUT2D eigenvalue weighted by molar-refractivity contribution is 7.18. The van der Waals surface area contributed by atoms with Gasteiger partial charge in [-0.3, -0.25) is 4.68 Å². The first-order chi connectivity index (χ1) is 10.2. The van der Waals surface area contributed by atoms with E-state index in [1.54, 1.807) is 17.1 Å². The van der Waals surface area contributed by atoms with Gasteiger partial charge in [0.05, 0.1) is 12.4 Å². The molecule has 0 radical (unpaired) electrons. The third kappa shape index (κ3) is 3.01. The number of likely N-dealkylation sites (N-methyl/N-ethyl adjacent to an activating group) is 1. The van der Waals surface area contributed by atoms with Gasteiger partial charge in [-0.15, -0.1) is 11.3 Å². The molecular weight excluding hydrogens is 288 g/mol. The Morgan fingerprint density at radius 2 is 2.29 bits per heavy atom. The molecule has 1 N–H and O–H groups in total. The molecule has 0 amide bonds. The number of nitrogens with zero attached hydrogens (tertiary/aromatic N) is 5. The number of rotatable bonds is 5. The number of aromatic nitrogens is 5. The molecule has 0 aliphatic carbocycles. The molecule has 0 aromatic carbocycles. The fourth-order valence-corrected chi connectivity index (χ4v) is 2.66. The Morgan fingerprint density at radius 1 is 1.43 bits per heavy atom. The largest absolute Gasteiger partial charge is 0.333 e. The molecule has 0 fully saturated rings. The summed E-state index contributed by atoms with van der Waals surface area (Å²) in [5.74, 6) is 1.21. The second kappa shape index (κ2) is 5.74. The molecule has 110 valence electrons. The van der Waals surface area contributed by atoms with Crippen LogP contribution in [0.15, 0.2) is 23.1 Å². The zero-order valence-corrected chi connectivity index (χ0v) is 12.9. The lowest BCUT2D eigenvalue weighted by molar-refractivity contribution is 0.419. The molecule has 0 aliphatic rings. The van der Waals surface area contributed by atoms with E-state index < -0.39 is 0 Å². The first-order valence-electron chi connectivity index (χ1n) is 6.61. The van der Waals surface area contributed by atoms with E-state index in [1.165, 1.54) is 11.3 Å². The third-order valence-corrected chi connectivity index (χ3v) is 4.15. The Kier molecular flexibility index (Phi) is 3.80. The van der Waals surface area contributed by atoms with Crippen molar-refractivity contribution < 1.29 is 4.52 Å². The summed E-state index contributed by atoms with van der Waals surface area (Å²) >= 11 is 1.51. The van der Waals surface area contributed by atoms with Gasteiger partial charge >= 0.3 is 0 Å². The quantitative estimate of drug-likeness (QED) is 0.773. The summed E-state index contributed by atoms with van der Waals surface area (Å²) in [5, 5.41) is 12.2. The first kappa shape index (κ1) is 13.9. The van der Waals surface area contributed by atoms with Gasteiger partial charge in [-0.25, -0.2) is 4.98 Å². The second-order valence-electron chi connectivity index (χ2n) is 4.84. The summed E-state index contributed by atoms with van der Waals surface area (Å²) in [4.78, 5) is 9.67. The van der Waals surface area contributed by atoms with Crippen molar-refractivity contribution in [3.8, 4) is 21.3 Å². The van der Waals surface area contributed by atoms with Crippen molar-refractivity contribution >= 4 is 11.3 Å². The Morgan fingerprint density at radius 3 is 3.00 bits per heavy atom. The Labute approximate surface area is 126 Å². The highest BCUT2D eigenvalue weighted by atomic mass is 32.1. The number of nitrogens with one attached hydrogen (secondary N) is 1.